The fourth-order valence-corrected chi connectivity index (χ4v) is 3.70. The summed E-state index contributed by atoms with van der Waals surface area (Å²) >= 11 is 6.27. The van der Waals surface area contributed by atoms with Crippen molar-refractivity contribution in [1.82, 2.24) is 20.5 Å². The Hall–Kier alpha value is -2.38. The lowest BCUT2D eigenvalue weighted by Gasteiger charge is -2.20. The molecule has 6 nitrogen and oxygen atoms in total. The number of pyridine rings is 1. The lowest BCUT2D eigenvalue weighted by atomic mass is 10.1. The highest BCUT2D eigenvalue weighted by Gasteiger charge is 2.25. The van der Waals surface area contributed by atoms with E-state index in [0.717, 1.165) is 36.9 Å². The first-order chi connectivity index (χ1) is 14.0. The highest BCUT2D eigenvalue weighted by atomic mass is 35.5. The molecule has 0 aliphatic carbocycles. The summed E-state index contributed by atoms with van der Waals surface area (Å²) in [6.07, 6.45) is 2.73. The van der Waals surface area contributed by atoms with Gasteiger partial charge in [-0.05, 0) is 50.3 Å². The van der Waals surface area contributed by atoms with E-state index in [4.69, 9.17) is 11.6 Å². The molecule has 3 rings (SSSR count). The predicted octanol–water partition coefficient (Wildman–Crippen LogP) is 2.88. The minimum atomic E-state index is -0.177. The van der Waals surface area contributed by atoms with Gasteiger partial charge in [0.25, 0.3) is 0 Å². The molecule has 0 radical (unpaired) electrons. The van der Waals surface area contributed by atoms with Crippen molar-refractivity contribution in [3.63, 3.8) is 0 Å². The number of hydrogen-bond donors (Lipinski definition) is 2. The van der Waals surface area contributed by atoms with Crippen molar-refractivity contribution < 1.29 is 4.39 Å². The van der Waals surface area contributed by atoms with Gasteiger partial charge < -0.3 is 20.4 Å². The molecule has 1 unspecified atom stereocenters. The van der Waals surface area contributed by atoms with Crippen LogP contribution in [0.25, 0.3) is 0 Å². The topological polar surface area (TPSA) is 55.8 Å². The normalized spacial score (nSPS) is 17.1. The Morgan fingerprint density at radius 2 is 2.21 bits per heavy atom. The standard InChI is InChI=1S/C21H28ClFN6/c1-24-21(26-12-15-6-7-19(23)16(11-15)13-28(2)3)27-17-8-10-29(14-17)20-18(22)5-4-9-25-20/h4-7,9,11,17H,8,10,12-14H2,1-3H3,(H2,24,26,27). The van der Waals surface area contributed by atoms with Crippen molar-refractivity contribution in [1.29, 1.82) is 0 Å². The molecule has 1 aromatic heterocycles. The highest BCUT2D eigenvalue weighted by Crippen LogP contribution is 2.25. The number of rotatable bonds is 6. The maximum absolute atomic E-state index is 14.0. The first kappa shape index (κ1) is 21.3. The third kappa shape index (κ3) is 5.81. The number of guanidine groups is 1. The second kappa shape index (κ2) is 9.89. The Balaban J connectivity index is 1.55. The van der Waals surface area contributed by atoms with E-state index in [1.807, 2.05) is 37.2 Å². The Labute approximate surface area is 176 Å². The van der Waals surface area contributed by atoms with Crippen molar-refractivity contribution in [2.24, 2.45) is 4.99 Å². The molecule has 0 amide bonds. The van der Waals surface area contributed by atoms with Crippen LogP contribution >= 0.6 is 11.6 Å². The average Bonchev–Trinajstić information content (AvgIpc) is 3.15. The second-order valence-corrected chi connectivity index (χ2v) is 7.88. The van der Waals surface area contributed by atoms with Gasteiger partial charge in [-0.2, -0.15) is 0 Å². The van der Waals surface area contributed by atoms with Crippen molar-refractivity contribution in [2.45, 2.75) is 25.6 Å². The van der Waals surface area contributed by atoms with Crippen LogP contribution in [0, 0.1) is 5.82 Å². The summed E-state index contributed by atoms with van der Waals surface area (Å²) in [4.78, 5) is 12.8. The maximum atomic E-state index is 14.0. The average molecular weight is 419 g/mol. The molecule has 1 aromatic carbocycles. The lowest BCUT2D eigenvalue weighted by Crippen LogP contribution is -2.44. The minimum Gasteiger partial charge on any atom is -0.353 e. The monoisotopic (exact) mass is 418 g/mol. The predicted molar refractivity (Wildman–Crippen MR) is 117 cm³/mol. The molecule has 2 N–H and O–H groups in total. The molecule has 1 aliphatic heterocycles. The Morgan fingerprint density at radius 3 is 2.93 bits per heavy atom. The van der Waals surface area contributed by atoms with Gasteiger partial charge in [-0.25, -0.2) is 9.37 Å². The number of halogens is 2. The Morgan fingerprint density at radius 1 is 1.38 bits per heavy atom. The summed E-state index contributed by atoms with van der Waals surface area (Å²) < 4.78 is 14.0. The minimum absolute atomic E-state index is 0.177. The van der Waals surface area contributed by atoms with E-state index >= 15 is 0 Å². The summed E-state index contributed by atoms with van der Waals surface area (Å²) in [6, 6.07) is 9.17. The molecule has 0 bridgehead atoms. The number of aromatic nitrogens is 1. The fourth-order valence-electron chi connectivity index (χ4n) is 3.45. The third-order valence-electron chi connectivity index (χ3n) is 4.85. The zero-order chi connectivity index (χ0) is 20.8. The van der Waals surface area contributed by atoms with Gasteiger partial charge in [0.15, 0.2) is 5.96 Å². The van der Waals surface area contributed by atoms with Gasteiger partial charge in [-0.15, -0.1) is 0 Å². The van der Waals surface area contributed by atoms with Gasteiger partial charge in [0.2, 0.25) is 0 Å². The van der Waals surface area contributed by atoms with Crippen LogP contribution in [-0.2, 0) is 13.1 Å². The van der Waals surface area contributed by atoms with E-state index in [1.165, 1.54) is 6.07 Å². The molecular weight excluding hydrogens is 391 g/mol. The van der Waals surface area contributed by atoms with E-state index < -0.39 is 0 Å². The van der Waals surface area contributed by atoms with Crippen molar-refractivity contribution in [3.8, 4) is 0 Å². The number of anilines is 1. The van der Waals surface area contributed by atoms with Crippen LogP contribution in [0.1, 0.15) is 17.5 Å². The summed E-state index contributed by atoms with van der Waals surface area (Å²) in [5.74, 6) is 1.37. The van der Waals surface area contributed by atoms with E-state index in [9.17, 15) is 4.39 Å². The molecule has 8 heteroatoms. The van der Waals surface area contributed by atoms with Crippen molar-refractivity contribution >= 4 is 23.4 Å². The van der Waals surface area contributed by atoms with Gasteiger partial charge in [0.05, 0.1) is 5.02 Å². The summed E-state index contributed by atoms with van der Waals surface area (Å²) in [6.45, 7) is 2.84. The second-order valence-electron chi connectivity index (χ2n) is 7.47. The number of nitrogens with one attached hydrogen (secondary N) is 2. The molecule has 2 heterocycles. The van der Waals surface area contributed by atoms with E-state index in [2.05, 4.69) is 25.5 Å². The van der Waals surface area contributed by atoms with E-state index in [1.54, 1.807) is 19.3 Å². The summed E-state index contributed by atoms with van der Waals surface area (Å²) in [7, 11) is 5.61. The van der Waals surface area contributed by atoms with Crippen LogP contribution < -0.4 is 15.5 Å². The smallest absolute Gasteiger partial charge is 0.191 e. The number of nitrogens with zero attached hydrogens (tertiary/aromatic N) is 4. The van der Waals surface area contributed by atoms with Crippen LogP contribution in [0.5, 0.6) is 0 Å². The molecule has 29 heavy (non-hydrogen) atoms. The summed E-state index contributed by atoms with van der Waals surface area (Å²) in [5.41, 5.74) is 1.70. The molecular formula is C21H28ClFN6. The first-order valence-corrected chi connectivity index (χ1v) is 10.1. The number of benzene rings is 1. The fraction of sp³-hybridized carbons (Fsp3) is 0.429. The van der Waals surface area contributed by atoms with Gasteiger partial charge in [0, 0.05) is 51.0 Å². The largest absolute Gasteiger partial charge is 0.353 e. The van der Waals surface area contributed by atoms with E-state index in [0.29, 0.717) is 23.7 Å². The molecule has 2 aromatic rings. The van der Waals surface area contributed by atoms with Gasteiger partial charge >= 0.3 is 0 Å². The van der Waals surface area contributed by atoms with Crippen molar-refractivity contribution in [3.05, 3.63) is 58.5 Å². The first-order valence-electron chi connectivity index (χ1n) is 9.71. The lowest BCUT2D eigenvalue weighted by molar-refractivity contribution is 0.392. The van der Waals surface area contributed by atoms with Gasteiger partial charge in [0.1, 0.15) is 11.6 Å². The van der Waals surface area contributed by atoms with Crippen LogP contribution in [0.15, 0.2) is 41.5 Å². The SMILES string of the molecule is CN=C(NCc1ccc(F)c(CN(C)C)c1)NC1CCN(c2ncccc2Cl)C1. The third-order valence-corrected chi connectivity index (χ3v) is 5.14. The summed E-state index contributed by atoms with van der Waals surface area (Å²) in [5, 5.41) is 7.45. The number of hydrogen-bond acceptors (Lipinski definition) is 4. The molecule has 1 atom stereocenters. The highest BCUT2D eigenvalue weighted by molar-refractivity contribution is 6.32. The molecule has 1 saturated heterocycles. The molecule has 156 valence electrons. The quantitative estimate of drug-likeness (QED) is 0.558. The van der Waals surface area contributed by atoms with Crippen molar-refractivity contribution in [2.75, 3.05) is 39.1 Å². The molecule has 1 fully saturated rings. The molecule has 1 aliphatic rings. The van der Waals surface area contributed by atoms with E-state index in [-0.39, 0.29) is 11.9 Å². The van der Waals surface area contributed by atoms with Crippen LogP contribution in [0.4, 0.5) is 10.2 Å². The maximum Gasteiger partial charge on any atom is 0.191 e. The molecule has 0 saturated carbocycles. The Bertz CT molecular complexity index is 857. The zero-order valence-electron chi connectivity index (χ0n) is 17.1. The van der Waals surface area contributed by atoms with Crippen LogP contribution in [0.3, 0.4) is 0 Å². The zero-order valence-corrected chi connectivity index (χ0v) is 17.9. The molecule has 0 spiro atoms. The number of aliphatic imine (C=N–C) groups is 1. The van der Waals surface area contributed by atoms with Gasteiger partial charge in [-0.1, -0.05) is 17.7 Å². The Kier molecular flexibility index (Phi) is 7.28. The van der Waals surface area contributed by atoms with Crippen LogP contribution in [0.2, 0.25) is 5.02 Å². The van der Waals surface area contributed by atoms with Gasteiger partial charge in [-0.3, -0.25) is 4.99 Å². The van der Waals surface area contributed by atoms with Crippen LogP contribution in [-0.4, -0.2) is 56.1 Å².